The maximum Gasteiger partial charge on any atom is 0.200 e. The molecule has 1 atom stereocenters. The summed E-state index contributed by atoms with van der Waals surface area (Å²) in [7, 11) is 0. The van der Waals surface area contributed by atoms with Gasteiger partial charge in [-0.2, -0.15) is 4.39 Å². The Kier molecular flexibility index (Phi) is 6.66. The molecule has 0 bridgehead atoms. The van der Waals surface area contributed by atoms with E-state index in [2.05, 4.69) is 10.2 Å². The third kappa shape index (κ3) is 3.77. The maximum absolute atomic E-state index is 13.5. The Labute approximate surface area is 135 Å². The Balaban J connectivity index is 0.00000110. The number of nitrogens with zero attached hydrogens (tertiary/aromatic N) is 1. The Bertz CT molecular complexity index is 480. The highest BCUT2D eigenvalue weighted by atomic mass is 35.5. The highest BCUT2D eigenvalue weighted by Gasteiger charge is 2.38. The topological polar surface area (TPSA) is 35.5 Å². The van der Waals surface area contributed by atoms with Gasteiger partial charge in [0.15, 0.2) is 11.6 Å². The predicted molar refractivity (Wildman–Crippen MR) is 82.4 cm³/mol. The quantitative estimate of drug-likeness (QED) is 0.888. The zero-order valence-electron chi connectivity index (χ0n) is 11.5. The van der Waals surface area contributed by atoms with Crippen molar-refractivity contribution in [3.8, 4) is 5.75 Å². The summed E-state index contributed by atoms with van der Waals surface area (Å²) in [5.74, 6) is -2.18. The molecule has 0 spiro atoms. The lowest BCUT2D eigenvalue weighted by Crippen LogP contribution is -2.45. The van der Waals surface area contributed by atoms with E-state index >= 15 is 0 Å². The maximum atomic E-state index is 13.5. The first-order chi connectivity index (χ1) is 9.18. The summed E-state index contributed by atoms with van der Waals surface area (Å²) in [5, 5.41) is 13.2. The van der Waals surface area contributed by atoms with Gasteiger partial charge in [-0.25, -0.2) is 4.39 Å². The first-order valence-electron chi connectivity index (χ1n) is 6.80. The van der Waals surface area contributed by atoms with E-state index < -0.39 is 17.4 Å². The van der Waals surface area contributed by atoms with Crippen LogP contribution in [0.5, 0.6) is 5.75 Å². The summed E-state index contributed by atoms with van der Waals surface area (Å²) < 4.78 is 26.7. The second kappa shape index (κ2) is 7.58. The molecule has 7 heteroatoms. The number of aromatic hydroxyl groups is 1. The zero-order chi connectivity index (χ0) is 13.4. The molecule has 21 heavy (non-hydrogen) atoms. The van der Waals surface area contributed by atoms with Crippen LogP contribution in [0.15, 0.2) is 12.1 Å². The van der Waals surface area contributed by atoms with Gasteiger partial charge in [0, 0.05) is 37.8 Å². The van der Waals surface area contributed by atoms with Gasteiger partial charge in [0.2, 0.25) is 5.82 Å². The minimum atomic E-state index is -1.13. The fraction of sp³-hybridized carbons (Fsp3) is 0.571. The molecule has 3 rings (SSSR count). The van der Waals surface area contributed by atoms with Crippen molar-refractivity contribution in [1.82, 2.24) is 10.2 Å². The van der Waals surface area contributed by atoms with Crippen LogP contribution < -0.4 is 5.32 Å². The standard InChI is InChI=1S/C14H18F2N2O.2ClH/c15-11-4-3-10(14(19)12(11)16)13(9-1-2-9)18-7-5-17-6-8-18;;/h3-4,9,13,17,19H,1-2,5-8H2;2*1H/t13-;;/m1../s1. The third-order valence-electron chi connectivity index (χ3n) is 4.03. The second-order valence-corrected chi connectivity index (χ2v) is 5.37. The van der Waals surface area contributed by atoms with Crippen molar-refractivity contribution in [2.75, 3.05) is 26.2 Å². The lowest BCUT2D eigenvalue weighted by molar-refractivity contribution is 0.153. The summed E-state index contributed by atoms with van der Waals surface area (Å²) >= 11 is 0. The molecule has 1 aliphatic heterocycles. The van der Waals surface area contributed by atoms with Crippen LogP contribution in [0.4, 0.5) is 8.78 Å². The molecule has 1 aromatic carbocycles. The van der Waals surface area contributed by atoms with Gasteiger partial charge in [-0.3, -0.25) is 4.90 Å². The van der Waals surface area contributed by atoms with E-state index in [9.17, 15) is 13.9 Å². The summed E-state index contributed by atoms with van der Waals surface area (Å²) in [5.41, 5.74) is 0.531. The molecule has 1 aromatic rings. The van der Waals surface area contributed by atoms with Gasteiger partial charge < -0.3 is 10.4 Å². The Hall–Kier alpha value is -0.620. The number of piperazine rings is 1. The van der Waals surface area contributed by atoms with Gasteiger partial charge in [-0.1, -0.05) is 6.07 Å². The summed E-state index contributed by atoms with van der Waals surface area (Å²) in [4.78, 5) is 2.26. The minimum Gasteiger partial charge on any atom is -0.505 e. The van der Waals surface area contributed by atoms with Gasteiger partial charge in [0.1, 0.15) is 0 Å². The smallest absolute Gasteiger partial charge is 0.200 e. The summed E-state index contributed by atoms with van der Waals surface area (Å²) in [6.07, 6.45) is 2.18. The molecular weight excluding hydrogens is 321 g/mol. The Morgan fingerprint density at radius 1 is 1.14 bits per heavy atom. The van der Waals surface area contributed by atoms with E-state index in [-0.39, 0.29) is 30.9 Å². The van der Waals surface area contributed by atoms with Crippen molar-refractivity contribution in [3.05, 3.63) is 29.3 Å². The molecular formula is C14H20Cl2F2N2O. The molecule has 120 valence electrons. The molecule has 3 nitrogen and oxygen atoms in total. The molecule has 2 N–H and O–H groups in total. The van der Waals surface area contributed by atoms with Crippen LogP contribution in [-0.2, 0) is 0 Å². The molecule has 0 aromatic heterocycles. The van der Waals surface area contributed by atoms with Crippen LogP contribution in [0.2, 0.25) is 0 Å². The van der Waals surface area contributed by atoms with E-state index in [1.807, 2.05) is 0 Å². The predicted octanol–water partition coefficient (Wildman–Crippen LogP) is 2.87. The lowest BCUT2D eigenvalue weighted by Gasteiger charge is -2.35. The molecule has 1 saturated carbocycles. The largest absolute Gasteiger partial charge is 0.505 e. The molecule has 2 aliphatic rings. The van der Waals surface area contributed by atoms with E-state index in [4.69, 9.17) is 0 Å². The van der Waals surface area contributed by atoms with Crippen molar-refractivity contribution in [2.24, 2.45) is 5.92 Å². The fourth-order valence-corrected chi connectivity index (χ4v) is 2.91. The Morgan fingerprint density at radius 3 is 2.33 bits per heavy atom. The zero-order valence-corrected chi connectivity index (χ0v) is 13.2. The van der Waals surface area contributed by atoms with Crippen molar-refractivity contribution in [1.29, 1.82) is 0 Å². The fourth-order valence-electron chi connectivity index (χ4n) is 2.91. The monoisotopic (exact) mass is 340 g/mol. The summed E-state index contributed by atoms with van der Waals surface area (Å²) in [6, 6.07) is 2.65. The molecule has 0 amide bonds. The first kappa shape index (κ1) is 18.4. The van der Waals surface area contributed by atoms with Crippen LogP contribution in [0.25, 0.3) is 0 Å². The van der Waals surface area contributed by atoms with Crippen LogP contribution in [0, 0.1) is 17.6 Å². The van der Waals surface area contributed by atoms with Gasteiger partial charge in [-0.15, -0.1) is 24.8 Å². The molecule has 1 saturated heterocycles. The number of nitrogens with one attached hydrogen (secondary N) is 1. The van der Waals surface area contributed by atoms with E-state index in [1.54, 1.807) is 0 Å². The number of phenolic OH excluding ortho intramolecular Hbond substituents is 1. The molecule has 2 fully saturated rings. The normalized spacial score (nSPS) is 20.3. The summed E-state index contributed by atoms with van der Waals surface area (Å²) in [6.45, 7) is 3.54. The van der Waals surface area contributed by atoms with E-state index in [0.29, 0.717) is 11.5 Å². The minimum absolute atomic E-state index is 0. The Morgan fingerprint density at radius 2 is 1.76 bits per heavy atom. The average molecular weight is 341 g/mol. The highest BCUT2D eigenvalue weighted by molar-refractivity contribution is 5.85. The van der Waals surface area contributed by atoms with Gasteiger partial charge in [-0.05, 0) is 24.8 Å². The molecule has 0 radical (unpaired) electrons. The number of hydrogen-bond acceptors (Lipinski definition) is 3. The molecule has 1 aliphatic carbocycles. The van der Waals surface area contributed by atoms with Crippen LogP contribution in [-0.4, -0.2) is 36.2 Å². The van der Waals surface area contributed by atoms with Crippen LogP contribution in [0.3, 0.4) is 0 Å². The van der Waals surface area contributed by atoms with Gasteiger partial charge >= 0.3 is 0 Å². The number of phenols is 1. The molecule has 1 heterocycles. The highest BCUT2D eigenvalue weighted by Crippen LogP contribution is 2.47. The molecule has 0 unspecified atom stereocenters. The van der Waals surface area contributed by atoms with Crippen molar-refractivity contribution >= 4 is 24.8 Å². The van der Waals surface area contributed by atoms with E-state index in [0.717, 1.165) is 45.1 Å². The average Bonchev–Trinajstić information content (AvgIpc) is 3.25. The number of hydrogen-bond donors (Lipinski definition) is 2. The number of halogens is 4. The SMILES string of the molecule is Cl.Cl.Oc1c([C@@H](C2CC2)N2CCNCC2)ccc(F)c1F. The first-order valence-corrected chi connectivity index (χ1v) is 6.80. The van der Waals surface area contributed by atoms with Crippen molar-refractivity contribution in [2.45, 2.75) is 18.9 Å². The number of benzene rings is 1. The van der Waals surface area contributed by atoms with Crippen molar-refractivity contribution < 1.29 is 13.9 Å². The number of rotatable bonds is 3. The lowest BCUT2D eigenvalue weighted by atomic mass is 9.98. The van der Waals surface area contributed by atoms with Crippen LogP contribution >= 0.6 is 24.8 Å². The second-order valence-electron chi connectivity index (χ2n) is 5.37. The van der Waals surface area contributed by atoms with Crippen molar-refractivity contribution in [3.63, 3.8) is 0 Å². The van der Waals surface area contributed by atoms with Gasteiger partial charge in [0.25, 0.3) is 0 Å². The van der Waals surface area contributed by atoms with E-state index in [1.165, 1.54) is 6.07 Å². The van der Waals surface area contributed by atoms with Crippen LogP contribution in [0.1, 0.15) is 24.4 Å². The van der Waals surface area contributed by atoms with Gasteiger partial charge in [0.05, 0.1) is 0 Å². The third-order valence-corrected chi connectivity index (χ3v) is 4.03.